The van der Waals surface area contributed by atoms with Gasteiger partial charge in [0.05, 0.1) is 5.56 Å². The van der Waals surface area contributed by atoms with Gasteiger partial charge in [0.1, 0.15) is 0 Å². The first-order valence-corrected chi connectivity index (χ1v) is 6.75. The van der Waals surface area contributed by atoms with Gasteiger partial charge >= 0.3 is 0 Å². The smallest absolute Gasteiger partial charge is 0.259 e. The van der Waals surface area contributed by atoms with Gasteiger partial charge in [-0.15, -0.1) is 11.3 Å². The number of thiophene rings is 1. The fraction of sp³-hybridized carbons (Fsp3) is 0.231. The lowest BCUT2D eigenvalue weighted by Crippen LogP contribution is -2.01. The number of fused-ring (bicyclic) bond motifs is 1. The fourth-order valence-corrected chi connectivity index (χ4v) is 2.80. The number of nitrogens with two attached hydrogens (primary N) is 1. The first kappa shape index (κ1) is 11.4. The summed E-state index contributed by atoms with van der Waals surface area (Å²) in [6.07, 6.45) is 1.64. The van der Waals surface area contributed by atoms with Crippen LogP contribution in [-0.4, -0.2) is 16.7 Å². The Morgan fingerprint density at radius 1 is 1.28 bits per heavy atom. The Labute approximate surface area is 108 Å². The maximum absolute atomic E-state index is 5.47. The molecule has 2 N–H and O–H groups in total. The Bertz CT molecular complexity index is 659. The highest BCUT2D eigenvalue weighted by Gasteiger charge is 2.12. The van der Waals surface area contributed by atoms with Crippen molar-refractivity contribution in [1.82, 2.24) is 10.1 Å². The van der Waals surface area contributed by atoms with E-state index < -0.39 is 0 Å². The van der Waals surface area contributed by atoms with Crippen LogP contribution in [0.1, 0.15) is 12.2 Å². The van der Waals surface area contributed by atoms with Crippen molar-refractivity contribution in [2.24, 2.45) is 5.73 Å². The molecule has 4 nitrogen and oxygen atoms in total. The van der Waals surface area contributed by atoms with Gasteiger partial charge in [-0.1, -0.05) is 23.4 Å². The molecule has 0 unspecified atom stereocenters. The molecule has 0 bridgehead atoms. The summed E-state index contributed by atoms with van der Waals surface area (Å²) >= 11 is 1.69. The van der Waals surface area contributed by atoms with E-state index >= 15 is 0 Å². The Kier molecular flexibility index (Phi) is 3.08. The van der Waals surface area contributed by atoms with Gasteiger partial charge in [-0.2, -0.15) is 4.98 Å². The van der Waals surface area contributed by atoms with Crippen molar-refractivity contribution < 1.29 is 4.52 Å². The Hall–Kier alpha value is -1.72. The Morgan fingerprint density at radius 2 is 2.17 bits per heavy atom. The highest BCUT2D eigenvalue weighted by atomic mass is 32.1. The molecule has 0 amide bonds. The molecule has 2 aromatic heterocycles. The molecule has 0 spiro atoms. The van der Waals surface area contributed by atoms with E-state index in [2.05, 4.69) is 27.7 Å². The third kappa shape index (κ3) is 2.02. The minimum absolute atomic E-state index is 0.597. The quantitative estimate of drug-likeness (QED) is 0.782. The first-order valence-electron chi connectivity index (χ1n) is 5.88. The van der Waals surface area contributed by atoms with E-state index in [4.69, 9.17) is 10.3 Å². The van der Waals surface area contributed by atoms with Gasteiger partial charge in [0.25, 0.3) is 5.89 Å². The first-order chi connectivity index (χ1) is 8.88. The van der Waals surface area contributed by atoms with Crippen LogP contribution in [0.2, 0.25) is 0 Å². The van der Waals surface area contributed by atoms with Crippen molar-refractivity contribution in [2.75, 3.05) is 6.54 Å². The molecule has 0 saturated carbocycles. The van der Waals surface area contributed by atoms with Gasteiger partial charge < -0.3 is 10.3 Å². The molecule has 92 valence electrons. The minimum atomic E-state index is 0.597. The van der Waals surface area contributed by atoms with E-state index in [0.29, 0.717) is 12.4 Å². The van der Waals surface area contributed by atoms with Crippen LogP contribution in [0.5, 0.6) is 0 Å². The molecule has 18 heavy (non-hydrogen) atoms. The maximum atomic E-state index is 5.47. The van der Waals surface area contributed by atoms with E-state index in [1.165, 1.54) is 4.70 Å². The molecule has 3 aromatic rings. The Balaban J connectivity index is 1.96. The summed E-state index contributed by atoms with van der Waals surface area (Å²) < 4.78 is 6.55. The van der Waals surface area contributed by atoms with Gasteiger partial charge in [-0.3, -0.25) is 0 Å². The molecular formula is C13H13N3OS. The van der Waals surface area contributed by atoms with Gasteiger partial charge in [0.15, 0.2) is 5.82 Å². The number of hydrogen-bond donors (Lipinski definition) is 1. The average molecular weight is 259 g/mol. The normalized spacial score (nSPS) is 11.2. The summed E-state index contributed by atoms with van der Waals surface area (Å²) in [5.41, 5.74) is 6.48. The standard InChI is InChI=1S/C13H13N3OS/c14-7-3-6-12-15-13(17-16-12)10-8-18-11-5-2-1-4-9(10)11/h1-2,4-5,8H,3,6-7,14H2. The second kappa shape index (κ2) is 4.88. The van der Waals surface area contributed by atoms with E-state index in [1.54, 1.807) is 11.3 Å². The predicted molar refractivity (Wildman–Crippen MR) is 72.5 cm³/mol. The van der Waals surface area contributed by atoms with E-state index in [-0.39, 0.29) is 0 Å². The molecule has 0 aliphatic heterocycles. The van der Waals surface area contributed by atoms with Crippen molar-refractivity contribution in [1.29, 1.82) is 0 Å². The van der Waals surface area contributed by atoms with E-state index in [0.717, 1.165) is 29.6 Å². The second-order valence-corrected chi connectivity index (χ2v) is 4.96. The summed E-state index contributed by atoms with van der Waals surface area (Å²) in [7, 11) is 0. The van der Waals surface area contributed by atoms with Crippen molar-refractivity contribution in [2.45, 2.75) is 12.8 Å². The molecule has 1 aromatic carbocycles. The van der Waals surface area contributed by atoms with Crippen LogP contribution < -0.4 is 5.73 Å². The molecule has 0 aliphatic carbocycles. The van der Waals surface area contributed by atoms with Crippen molar-refractivity contribution in [3.8, 4) is 11.5 Å². The molecule has 2 heterocycles. The van der Waals surface area contributed by atoms with E-state index in [9.17, 15) is 0 Å². The summed E-state index contributed by atoms with van der Waals surface area (Å²) in [5.74, 6) is 1.32. The number of nitrogens with zero attached hydrogens (tertiary/aromatic N) is 2. The molecule has 0 saturated heterocycles. The largest absolute Gasteiger partial charge is 0.334 e. The third-order valence-corrected chi connectivity index (χ3v) is 3.75. The highest BCUT2D eigenvalue weighted by Crippen LogP contribution is 2.32. The van der Waals surface area contributed by atoms with Gasteiger partial charge in [0.2, 0.25) is 0 Å². The third-order valence-electron chi connectivity index (χ3n) is 2.78. The lowest BCUT2D eigenvalue weighted by molar-refractivity contribution is 0.422. The van der Waals surface area contributed by atoms with Gasteiger partial charge in [-0.25, -0.2) is 0 Å². The molecule has 0 aliphatic rings. The van der Waals surface area contributed by atoms with Crippen molar-refractivity contribution in [3.63, 3.8) is 0 Å². The molecule has 0 atom stereocenters. The summed E-state index contributed by atoms with van der Waals surface area (Å²) in [5, 5.41) is 7.20. The zero-order valence-corrected chi connectivity index (χ0v) is 10.6. The van der Waals surface area contributed by atoms with Gasteiger partial charge in [-0.05, 0) is 19.0 Å². The lowest BCUT2D eigenvalue weighted by atomic mass is 10.2. The number of benzene rings is 1. The highest BCUT2D eigenvalue weighted by molar-refractivity contribution is 7.17. The number of aromatic nitrogens is 2. The van der Waals surface area contributed by atoms with Crippen LogP contribution in [0, 0.1) is 0 Å². The van der Waals surface area contributed by atoms with Gasteiger partial charge in [0, 0.05) is 21.9 Å². The molecule has 5 heteroatoms. The lowest BCUT2D eigenvalue weighted by Gasteiger charge is -1.91. The van der Waals surface area contributed by atoms with Crippen molar-refractivity contribution >= 4 is 21.4 Å². The number of rotatable bonds is 4. The molecular weight excluding hydrogens is 246 g/mol. The van der Waals surface area contributed by atoms with Crippen molar-refractivity contribution in [3.05, 3.63) is 35.5 Å². The number of aryl methyl sites for hydroxylation is 1. The molecule has 0 fully saturated rings. The number of hydrogen-bond acceptors (Lipinski definition) is 5. The zero-order chi connectivity index (χ0) is 12.4. The van der Waals surface area contributed by atoms with Crippen LogP contribution in [-0.2, 0) is 6.42 Å². The summed E-state index contributed by atoms with van der Waals surface area (Å²) in [6, 6.07) is 8.22. The van der Waals surface area contributed by atoms with Crippen LogP contribution in [0.25, 0.3) is 21.5 Å². The summed E-state index contributed by atoms with van der Waals surface area (Å²) in [4.78, 5) is 4.41. The van der Waals surface area contributed by atoms with Crippen LogP contribution in [0.4, 0.5) is 0 Å². The zero-order valence-electron chi connectivity index (χ0n) is 9.80. The second-order valence-electron chi connectivity index (χ2n) is 4.05. The molecule has 3 rings (SSSR count). The Morgan fingerprint density at radius 3 is 3.06 bits per heavy atom. The summed E-state index contributed by atoms with van der Waals surface area (Å²) in [6.45, 7) is 0.644. The average Bonchev–Trinajstić information content (AvgIpc) is 3.02. The monoisotopic (exact) mass is 259 g/mol. The minimum Gasteiger partial charge on any atom is -0.334 e. The van der Waals surface area contributed by atoms with Crippen LogP contribution >= 0.6 is 11.3 Å². The predicted octanol–water partition coefficient (Wildman–Crippen LogP) is 2.84. The topological polar surface area (TPSA) is 64.9 Å². The SMILES string of the molecule is NCCCc1noc(-c2csc3ccccc23)n1. The molecule has 0 radical (unpaired) electrons. The maximum Gasteiger partial charge on any atom is 0.259 e. The fourth-order valence-electron chi connectivity index (χ4n) is 1.87. The van der Waals surface area contributed by atoms with E-state index in [1.807, 2.05) is 12.1 Å². The van der Waals surface area contributed by atoms with Crippen LogP contribution in [0.15, 0.2) is 34.2 Å². The van der Waals surface area contributed by atoms with Crippen LogP contribution in [0.3, 0.4) is 0 Å².